The maximum atomic E-state index is 12.3. The Labute approximate surface area is 160 Å². The summed E-state index contributed by atoms with van der Waals surface area (Å²) in [7, 11) is 4.63. The van der Waals surface area contributed by atoms with Crippen molar-refractivity contribution in [1.82, 2.24) is 0 Å². The minimum atomic E-state index is -0.451. The van der Waals surface area contributed by atoms with Crippen LogP contribution in [0.2, 0.25) is 0 Å². The highest BCUT2D eigenvalue weighted by Crippen LogP contribution is 2.38. The highest BCUT2D eigenvalue weighted by molar-refractivity contribution is 5.89. The van der Waals surface area contributed by atoms with Crippen molar-refractivity contribution in [2.45, 2.75) is 26.7 Å². The van der Waals surface area contributed by atoms with Gasteiger partial charge in [0.25, 0.3) is 0 Å². The molecule has 0 atom stereocenters. The fourth-order valence-corrected chi connectivity index (χ4v) is 2.59. The lowest BCUT2D eigenvalue weighted by molar-refractivity contribution is -0.128. The van der Waals surface area contributed by atoms with Crippen LogP contribution in [0.25, 0.3) is 6.08 Å². The van der Waals surface area contributed by atoms with Crippen LogP contribution < -0.4 is 18.9 Å². The molecule has 0 saturated carbocycles. The second kappa shape index (κ2) is 9.12. The summed E-state index contributed by atoms with van der Waals surface area (Å²) in [5, 5.41) is 0. The van der Waals surface area contributed by atoms with Gasteiger partial charge in [-0.1, -0.05) is 26.0 Å². The molecular weight excluding hydrogens is 344 g/mol. The molecule has 5 nitrogen and oxygen atoms in total. The molecule has 0 amide bonds. The molecule has 0 saturated heterocycles. The summed E-state index contributed by atoms with van der Waals surface area (Å²) in [6.45, 7) is 6.11. The Balaban J connectivity index is 2.21. The van der Waals surface area contributed by atoms with E-state index in [0.717, 1.165) is 16.7 Å². The van der Waals surface area contributed by atoms with Crippen LogP contribution in [-0.2, 0) is 4.79 Å². The van der Waals surface area contributed by atoms with Gasteiger partial charge in [0.15, 0.2) is 11.5 Å². The van der Waals surface area contributed by atoms with Crippen LogP contribution >= 0.6 is 0 Å². The number of rotatable bonds is 7. The van der Waals surface area contributed by atoms with Crippen LogP contribution in [0.5, 0.6) is 23.0 Å². The summed E-state index contributed by atoms with van der Waals surface area (Å²) >= 11 is 0. The van der Waals surface area contributed by atoms with Crippen LogP contribution in [0, 0.1) is 6.92 Å². The Morgan fingerprint density at radius 1 is 0.926 bits per heavy atom. The van der Waals surface area contributed by atoms with Crippen LogP contribution in [0.3, 0.4) is 0 Å². The van der Waals surface area contributed by atoms with E-state index in [2.05, 4.69) is 13.8 Å². The number of hydrogen-bond acceptors (Lipinski definition) is 5. The number of benzene rings is 2. The van der Waals surface area contributed by atoms with Gasteiger partial charge in [0.2, 0.25) is 5.75 Å². The summed E-state index contributed by atoms with van der Waals surface area (Å²) in [5.74, 6) is 2.02. The zero-order valence-corrected chi connectivity index (χ0v) is 16.7. The number of esters is 1. The molecule has 144 valence electrons. The molecule has 2 aromatic rings. The quantitative estimate of drug-likeness (QED) is 0.399. The van der Waals surface area contributed by atoms with E-state index in [1.165, 1.54) is 6.08 Å². The summed E-state index contributed by atoms with van der Waals surface area (Å²) in [5.41, 5.74) is 2.76. The van der Waals surface area contributed by atoms with Crippen molar-refractivity contribution in [2.24, 2.45) is 0 Å². The standard InChI is InChI=1S/C22H26O5/c1-14(2)17-9-7-15(3)18(13-17)27-21(23)10-8-16-11-19(24-4)22(26-6)20(12-16)25-5/h7-14H,1-6H3/b10-8+. The van der Waals surface area contributed by atoms with E-state index in [1.54, 1.807) is 39.5 Å². The number of methoxy groups -OCH3 is 3. The van der Waals surface area contributed by atoms with Crippen LogP contribution in [-0.4, -0.2) is 27.3 Å². The molecule has 0 heterocycles. The van der Waals surface area contributed by atoms with Crippen molar-refractivity contribution < 1.29 is 23.7 Å². The number of ether oxygens (including phenoxy) is 4. The van der Waals surface area contributed by atoms with Gasteiger partial charge >= 0.3 is 5.97 Å². The van der Waals surface area contributed by atoms with E-state index in [4.69, 9.17) is 18.9 Å². The Morgan fingerprint density at radius 3 is 2.07 bits per heavy atom. The SMILES string of the molecule is COc1cc(/C=C/C(=O)Oc2cc(C(C)C)ccc2C)cc(OC)c1OC. The van der Waals surface area contributed by atoms with Gasteiger partial charge in [-0.05, 0) is 53.8 Å². The Kier molecular flexibility index (Phi) is 6.88. The molecule has 0 aromatic heterocycles. The molecule has 0 fully saturated rings. The molecule has 0 N–H and O–H groups in total. The van der Waals surface area contributed by atoms with Gasteiger partial charge in [-0.2, -0.15) is 0 Å². The van der Waals surface area contributed by atoms with Crippen molar-refractivity contribution >= 4 is 12.0 Å². The normalized spacial score (nSPS) is 10.9. The summed E-state index contributed by atoms with van der Waals surface area (Å²) < 4.78 is 21.4. The lowest BCUT2D eigenvalue weighted by atomic mass is 10.0. The second-order valence-corrected chi connectivity index (χ2v) is 6.39. The van der Waals surface area contributed by atoms with Crippen LogP contribution in [0.4, 0.5) is 0 Å². The van der Waals surface area contributed by atoms with Crippen molar-refractivity contribution in [3.8, 4) is 23.0 Å². The van der Waals surface area contributed by atoms with E-state index in [1.807, 2.05) is 25.1 Å². The number of carbonyl (C=O) groups excluding carboxylic acids is 1. The first kappa shape index (κ1) is 20.4. The van der Waals surface area contributed by atoms with Gasteiger partial charge < -0.3 is 18.9 Å². The predicted molar refractivity (Wildman–Crippen MR) is 106 cm³/mol. The molecule has 0 unspecified atom stereocenters. The number of carbonyl (C=O) groups is 1. The Morgan fingerprint density at radius 2 is 1.56 bits per heavy atom. The lowest BCUT2D eigenvalue weighted by Crippen LogP contribution is -2.05. The third-order valence-corrected chi connectivity index (χ3v) is 4.19. The number of hydrogen-bond donors (Lipinski definition) is 0. The van der Waals surface area contributed by atoms with Crippen LogP contribution in [0.15, 0.2) is 36.4 Å². The first-order chi connectivity index (χ1) is 12.9. The fraction of sp³-hybridized carbons (Fsp3) is 0.318. The third-order valence-electron chi connectivity index (χ3n) is 4.19. The zero-order chi connectivity index (χ0) is 20.0. The summed E-state index contributed by atoms with van der Waals surface area (Å²) in [6.07, 6.45) is 3.02. The van der Waals surface area contributed by atoms with Gasteiger partial charge in [-0.3, -0.25) is 0 Å². The molecule has 0 spiro atoms. The summed E-state index contributed by atoms with van der Waals surface area (Å²) in [6, 6.07) is 9.43. The van der Waals surface area contributed by atoms with Gasteiger partial charge in [-0.15, -0.1) is 0 Å². The first-order valence-electron chi connectivity index (χ1n) is 8.70. The minimum absolute atomic E-state index is 0.359. The lowest BCUT2D eigenvalue weighted by Gasteiger charge is -2.13. The van der Waals surface area contributed by atoms with Crippen LogP contribution in [0.1, 0.15) is 36.5 Å². The highest BCUT2D eigenvalue weighted by Gasteiger charge is 2.13. The topological polar surface area (TPSA) is 54.0 Å². The fourth-order valence-electron chi connectivity index (χ4n) is 2.59. The molecule has 5 heteroatoms. The molecule has 0 aliphatic rings. The molecule has 2 rings (SSSR count). The molecule has 0 bridgehead atoms. The molecule has 0 aliphatic heterocycles. The van der Waals surface area contributed by atoms with Gasteiger partial charge in [0, 0.05) is 6.08 Å². The predicted octanol–water partition coefficient (Wildman–Crippen LogP) is 4.76. The largest absolute Gasteiger partial charge is 0.493 e. The molecular formula is C22H26O5. The van der Waals surface area contributed by atoms with E-state index in [-0.39, 0.29) is 0 Å². The van der Waals surface area contributed by atoms with E-state index < -0.39 is 5.97 Å². The van der Waals surface area contributed by atoms with Crippen molar-refractivity contribution in [2.75, 3.05) is 21.3 Å². The molecule has 0 radical (unpaired) electrons. The summed E-state index contributed by atoms with van der Waals surface area (Å²) in [4.78, 5) is 12.3. The second-order valence-electron chi connectivity index (χ2n) is 6.39. The highest BCUT2D eigenvalue weighted by atomic mass is 16.5. The Bertz CT molecular complexity index is 812. The van der Waals surface area contributed by atoms with E-state index in [0.29, 0.717) is 28.9 Å². The van der Waals surface area contributed by atoms with Gasteiger partial charge in [-0.25, -0.2) is 4.79 Å². The first-order valence-corrected chi connectivity index (χ1v) is 8.70. The van der Waals surface area contributed by atoms with Gasteiger partial charge in [0.05, 0.1) is 21.3 Å². The minimum Gasteiger partial charge on any atom is -0.493 e. The molecule has 27 heavy (non-hydrogen) atoms. The van der Waals surface area contributed by atoms with Crippen molar-refractivity contribution in [3.63, 3.8) is 0 Å². The zero-order valence-electron chi connectivity index (χ0n) is 16.7. The maximum absolute atomic E-state index is 12.3. The van der Waals surface area contributed by atoms with Crippen molar-refractivity contribution in [3.05, 3.63) is 53.1 Å². The monoisotopic (exact) mass is 370 g/mol. The molecule has 0 aliphatic carbocycles. The number of aryl methyl sites for hydroxylation is 1. The third kappa shape index (κ3) is 5.03. The maximum Gasteiger partial charge on any atom is 0.336 e. The Hall–Kier alpha value is -2.95. The van der Waals surface area contributed by atoms with E-state index >= 15 is 0 Å². The van der Waals surface area contributed by atoms with E-state index in [9.17, 15) is 4.79 Å². The average molecular weight is 370 g/mol. The molecule has 2 aromatic carbocycles. The van der Waals surface area contributed by atoms with Gasteiger partial charge in [0.1, 0.15) is 5.75 Å². The smallest absolute Gasteiger partial charge is 0.336 e. The average Bonchev–Trinajstić information content (AvgIpc) is 2.66. The van der Waals surface area contributed by atoms with Crippen molar-refractivity contribution in [1.29, 1.82) is 0 Å².